The molecule has 0 atom stereocenters. The van der Waals surface area contributed by atoms with Crippen LogP contribution in [0.25, 0.3) is 5.69 Å². The van der Waals surface area contributed by atoms with Crippen LogP contribution in [-0.4, -0.2) is 35.0 Å². The number of hydrogen-bond donors (Lipinski definition) is 0. The van der Waals surface area contributed by atoms with E-state index in [2.05, 4.69) is 0 Å². The summed E-state index contributed by atoms with van der Waals surface area (Å²) in [5.74, 6) is -0.439. The van der Waals surface area contributed by atoms with Gasteiger partial charge in [0.2, 0.25) is 0 Å². The molecule has 2 aromatic carbocycles. The van der Waals surface area contributed by atoms with Crippen LogP contribution in [0.15, 0.2) is 79.1 Å². The van der Waals surface area contributed by atoms with E-state index in [9.17, 15) is 9.59 Å². The molecule has 0 saturated carbocycles. The number of aromatic nitrogens is 1. The summed E-state index contributed by atoms with van der Waals surface area (Å²) in [6.07, 6.45) is 4.07. The second-order valence-corrected chi connectivity index (χ2v) is 6.18. The average molecular weight is 362 g/mol. The minimum absolute atomic E-state index is 0.109. The van der Waals surface area contributed by atoms with E-state index in [1.807, 2.05) is 83.7 Å². The first-order valence-corrected chi connectivity index (χ1v) is 8.81. The van der Waals surface area contributed by atoms with E-state index in [1.54, 1.807) is 4.90 Å². The quantitative estimate of drug-likeness (QED) is 0.603. The van der Waals surface area contributed by atoms with E-state index in [0.717, 1.165) is 11.3 Å². The number of ether oxygens (including phenoxy) is 1. The van der Waals surface area contributed by atoms with Crippen molar-refractivity contribution in [2.45, 2.75) is 13.0 Å². The third-order valence-electron chi connectivity index (χ3n) is 4.33. The highest BCUT2D eigenvalue weighted by molar-refractivity contribution is 5.94. The lowest BCUT2D eigenvalue weighted by atomic mass is 10.1. The molecule has 5 nitrogen and oxygen atoms in total. The predicted molar refractivity (Wildman–Crippen MR) is 104 cm³/mol. The van der Waals surface area contributed by atoms with Gasteiger partial charge in [-0.3, -0.25) is 9.59 Å². The Morgan fingerprint density at radius 3 is 2.22 bits per heavy atom. The maximum absolute atomic E-state index is 13.0. The molecule has 1 amide bonds. The number of carbonyl (C=O) groups excluding carboxylic acids is 2. The predicted octanol–water partition coefficient (Wildman–Crippen LogP) is 3.68. The smallest absolute Gasteiger partial charge is 0.307 e. The van der Waals surface area contributed by atoms with Gasteiger partial charge in [0.25, 0.3) is 5.91 Å². The van der Waals surface area contributed by atoms with Crippen LogP contribution in [0.3, 0.4) is 0 Å². The van der Waals surface area contributed by atoms with Gasteiger partial charge in [-0.15, -0.1) is 0 Å². The van der Waals surface area contributed by atoms with Gasteiger partial charge < -0.3 is 14.2 Å². The number of esters is 1. The van der Waals surface area contributed by atoms with Crippen molar-refractivity contribution in [3.05, 3.63) is 90.3 Å². The minimum Gasteiger partial charge on any atom is -0.469 e. The first-order valence-electron chi connectivity index (χ1n) is 8.81. The Labute approximate surface area is 158 Å². The van der Waals surface area contributed by atoms with Gasteiger partial charge in [-0.25, -0.2) is 0 Å². The van der Waals surface area contributed by atoms with Gasteiger partial charge >= 0.3 is 5.97 Å². The van der Waals surface area contributed by atoms with Crippen molar-refractivity contribution in [3.8, 4) is 5.69 Å². The Hall–Kier alpha value is -3.34. The highest BCUT2D eigenvalue weighted by Gasteiger charge is 2.17. The number of methoxy groups -OCH3 is 1. The molecule has 138 valence electrons. The summed E-state index contributed by atoms with van der Waals surface area (Å²) >= 11 is 0. The molecule has 3 aromatic rings. The van der Waals surface area contributed by atoms with Crippen molar-refractivity contribution in [3.63, 3.8) is 0 Å². The molecule has 5 heteroatoms. The second kappa shape index (κ2) is 8.85. The number of carbonyl (C=O) groups is 2. The Morgan fingerprint density at radius 2 is 1.59 bits per heavy atom. The summed E-state index contributed by atoms with van der Waals surface area (Å²) in [6.45, 7) is 0.746. The first-order chi connectivity index (χ1) is 13.2. The molecule has 0 radical (unpaired) electrons. The largest absolute Gasteiger partial charge is 0.469 e. The summed E-state index contributed by atoms with van der Waals surface area (Å²) in [5.41, 5.74) is 2.59. The highest BCUT2D eigenvalue weighted by atomic mass is 16.5. The van der Waals surface area contributed by atoms with E-state index in [-0.39, 0.29) is 18.3 Å². The fourth-order valence-electron chi connectivity index (χ4n) is 2.85. The number of amides is 1. The fourth-order valence-corrected chi connectivity index (χ4v) is 2.85. The lowest BCUT2D eigenvalue weighted by molar-refractivity contribution is -0.140. The average Bonchev–Trinajstić information content (AvgIpc) is 3.26. The van der Waals surface area contributed by atoms with E-state index in [4.69, 9.17) is 4.74 Å². The number of hydrogen-bond acceptors (Lipinski definition) is 3. The molecular formula is C22H22N2O3. The maximum Gasteiger partial charge on any atom is 0.307 e. The molecule has 0 aliphatic rings. The normalized spacial score (nSPS) is 10.4. The lowest BCUT2D eigenvalue weighted by Crippen LogP contribution is -2.32. The topological polar surface area (TPSA) is 51.5 Å². The highest BCUT2D eigenvalue weighted by Crippen LogP contribution is 2.14. The van der Waals surface area contributed by atoms with Crippen LogP contribution >= 0.6 is 0 Å². The molecule has 0 unspecified atom stereocenters. The van der Waals surface area contributed by atoms with Crippen LogP contribution in [0.4, 0.5) is 0 Å². The minimum atomic E-state index is -0.330. The maximum atomic E-state index is 13.0. The van der Waals surface area contributed by atoms with Crippen LogP contribution in [0, 0.1) is 0 Å². The van der Waals surface area contributed by atoms with Crippen molar-refractivity contribution < 1.29 is 14.3 Å². The first kappa shape index (κ1) is 18.5. The van der Waals surface area contributed by atoms with Crippen molar-refractivity contribution in [2.75, 3.05) is 13.7 Å². The summed E-state index contributed by atoms with van der Waals surface area (Å²) in [4.78, 5) is 26.2. The fraction of sp³-hybridized carbons (Fsp3) is 0.182. The van der Waals surface area contributed by atoms with Crippen LogP contribution in [0.2, 0.25) is 0 Å². The van der Waals surface area contributed by atoms with Crippen molar-refractivity contribution in [2.24, 2.45) is 0 Å². The molecule has 0 aliphatic heterocycles. The van der Waals surface area contributed by atoms with Gasteiger partial charge in [0, 0.05) is 36.7 Å². The zero-order valence-corrected chi connectivity index (χ0v) is 15.2. The molecule has 0 saturated heterocycles. The van der Waals surface area contributed by atoms with E-state index in [0.29, 0.717) is 18.7 Å². The van der Waals surface area contributed by atoms with Gasteiger partial charge in [0.15, 0.2) is 0 Å². The third-order valence-corrected chi connectivity index (χ3v) is 4.33. The second-order valence-electron chi connectivity index (χ2n) is 6.18. The summed E-state index contributed by atoms with van der Waals surface area (Å²) in [5, 5.41) is 0. The van der Waals surface area contributed by atoms with Gasteiger partial charge in [0.05, 0.1) is 13.5 Å². The summed E-state index contributed by atoms with van der Waals surface area (Å²) in [7, 11) is 1.35. The van der Waals surface area contributed by atoms with Crippen molar-refractivity contribution in [1.29, 1.82) is 0 Å². The Balaban J connectivity index is 1.77. The molecule has 1 heterocycles. The summed E-state index contributed by atoms with van der Waals surface area (Å²) in [6, 6.07) is 21.1. The van der Waals surface area contributed by atoms with Crippen molar-refractivity contribution in [1.82, 2.24) is 9.47 Å². The molecule has 3 rings (SSSR count). The standard InChI is InChI=1S/C22H22N2O3/c1-27-21(25)13-16-24(17-18-7-3-2-4-8-18)22(26)19-9-11-20(12-10-19)23-14-5-6-15-23/h2-12,14-15H,13,16-17H2,1H3. The zero-order chi connectivity index (χ0) is 19.1. The summed E-state index contributed by atoms with van der Waals surface area (Å²) < 4.78 is 6.69. The third kappa shape index (κ3) is 4.85. The van der Waals surface area contributed by atoms with Crippen LogP contribution in [-0.2, 0) is 16.1 Å². The van der Waals surface area contributed by atoms with Gasteiger partial charge in [-0.2, -0.15) is 0 Å². The number of rotatable bonds is 7. The van der Waals surface area contributed by atoms with E-state index >= 15 is 0 Å². The molecule has 0 N–H and O–H groups in total. The molecule has 27 heavy (non-hydrogen) atoms. The van der Waals surface area contributed by atoms with Gasteiger partial charge in [0.1, 0.15) is 0 Å². The molecule has 1 aromatic heterocycles. The zero-order valence-electron chi connectivity index (χ0n) is 15.2. The molecule has 0 bridgehead atoms. The molecule has 0 fully saturated rings. The Morgan fingerprint density at radius 1 is 0.926 bits per heavy atom. The number of benzene rings is 2. The van der Waals surface area contributed by atoms with Crippen molar-refractivity contribution >= 4 is 11.9 Å². The van der Waals surface area contributed by atoms with Crippen LogP contribution in [0.1, 0.15) is 22.3 Å². The Bertz CT molecular complexity index is 872. The van der Waals surface area contributed by atoms with Crippen LogP contribution in [0.5, 0.6) is 0 Å². The SMILES string of the molecule is COC(=O)CCN(Cc1ccccc1)C(=O)c1ccc(-n2cccc2)cc1. The molecule has 0 aliphatic carbocycles. The van der Waals surface area contributed by atoms with Gasteiger partial charge in [-0.1, -0.05) is 30.3 Å². The molecule has 0 spiro atoms. The molecular weight excluding hydrogens is 340 g/mol. The van der Waals surface area contributed by atoms with E-state index in [1.165, 1.54) is 7.11 Å². The Kier molecular flexibility index (Phi) is 6.05. The lowest BCUT2D eigenvalue weighted by Gasteiger charge is -2.23. The van der Waals surface area contributed by atoms with Gasteiger partial charge in [-0.05, 0) is 42.0 Å². The number of nitrogens with zero attached hydrogens (tertiary/aromatic N) is 2. The van der Waals surface area contributed by atoms with E-state index < -0.39 is 0 Å². The van der Waals surface area contributed by atoms with Crippen LogP contribution < -0.4 is 0 Å². The monoisotopic (exact) mass is 362 g/mol.